The van der Waals surface area contributed by atoms with E-state index in [0.29, 0.717) is 52.1 Å². The van der Waals surface area contributed by atoms with Gasteiger partial charge in [0, 0.05) is 145 Å². The van der Waals surface area contributed by atoms with Crippen molar-refractivity contribution in [3.63, 3.8) is 0 Å². The lowest BCUT2D eigenvalue weighted by atomic mass is 9.90. The first-order valence-corrected chi connectivity index (χ1v) is 34.2. The van der Waals surface area contributed by atoms with E-state index in [4.69, 9.17) is 178 Å². The third-order valence-electron chi connectivity index (χ3n) is 12.5. The standard InChI is InChI=1S/C64H64N8O4.4CHCl3/c1-5-25-73-61-49-29-51-35-58(70-42-46-11-19-66-20-12-46)37-53(62(51)74-26-6-2)31-55-39-60(72-44-48-15-23-68-24-16-48)40-56(64(55)76-28-8-4)32-54-38-59(71-43-47-13-21-67-22-14-47)36-52(63(54)75-27-7-3)30-50(61)34-57(33-49)69-41-45-9-17-65-18-10-45;4*2-1(3)4/h9-24,33-44H,5-8,25-32H2,1-4H3;4*1H. The highest BCUT2D eigenvalue weighted by Crippen LogP contribution is 2.44. The third kappa shape index (κ3) is 29.2. The summed E-state index contributed by atoms with van der Waals surface area (Å²) in [6.07, 6.45) is 26.8. The van der Waals surface area contributed by atoms with Crippen LogP contribution in [0.15, 0.2) is 167 Å². The molecule has 0 atom stereocenters. The Morgan fingerprint density at radius 1 is 0.304 bits per heavy atom. The lowest BCUT2D eigenvalue weighted by molar-refractivity contribution is 0.304. The van der Waals surface area contributed by atoms with Crippen LogP contribution in [-0.4, -0.2) is 88.4 Å². The van der Waals surface area contributed by atoms with Crippen LogP contribution in [0.1, 0.15) is 120 Å². The van der Waals surface area contributed by atoms with E-state index in [1.807, 2.05) is 73.4 Å². The van der Waals surface area contributed by atoms with Gasteiger partial charge >= 0.3 is 0 Å². The van der Waals surface area contributed by atoms with Crippen molar-refractivity contribution in [3.8, 4) is 23.0 Å². The molecule has 92 heavy (non-hydrogen) atoms. The Morgan fingerprint density at radius 3 is 0.598 bits per heavy atom. The van der Waals surface area contributed by atoms with Crippen LogP contribution >= 0.6 is 139 Å². The molecule has 4 heterocycles. The van der Waals surface area contributed by atoms with Gasteiger partial charge in [0.25, 0.3) is 0 Å². The molecule has 1 aliphatic carbocycles. The molecule has 0 fully saturated rings. The molecule has 0 N–H and O–H groups in total. The quantitative estimate of drug-likeness (QED) is 0.0543. The maximum Gasteiger partial charge on any atom is 0.180 e. The van der Waals surface area contributed by atoms with Crippen LogP contribution < -0.4 is 18.9 Å². The van der Waals surface area contributed by atoms with Gasteiger partial charge in [0.1, 0.15) is 23.0 Å². The van der Waals surface area contributed by atoms with Crippen molar-refractivity contribution >= 4 is 187 Å². The molecule has 9 rings (SSSR count). The van der Waals surface area contributed by atoms with Crippen LogP contribution in [0.2, 0.25) is 0 Å². The number of aliphatic imine (C=N–C) groups is 4. The van der Waals surface area contributed by atoms with Gasteiger partial charge in [0.05, 0.1) is 49.2 Å². The smallest absolute Gasteiger partial charge is 0.180 e. The number of alkyl halides is 12. The summed E-state index contributed by atoms with van der Waals surface area (Å²) in [6.45, 7) is 10.6. The SMILES string of the molecule is CCCOc1c2cc(N=Cc3ccncc3)cc1Cc1cc(N=Cc3ccncc3)cc(c1OCCC)Cc1cc(N=Cc3ccncc3)cc(c1OCCC)Cc1cc(N=Cc3ccncc3)cc(c1OCCC)C2.ClC(Cl)Cl.ClC(Cl)Cl.ClC(Cl)Cl.ClC(Cl)Cl. The van der Waals surface area contributed by atoms with E-state index in [1.165, 1.54) is 0 Å². The molecule has 0 saturated carbocycles. The zero-order chi connectivity index (χ0) is 66.6. The summed E-state index contributed by atoms with van der Waals surface area (Å²) in [5, 5.41) is 0. The molecule has 4 aromatic heterocycles. The number of benzene rings is 4. The Hall–Kier alpha value is -5.16. The van der Waals surface area contributed by atoms with E-state index in [2.05, 4.69) is 96.2 Å². The van der Waals surface area contributed by atoms with Crippen LogP contribution in [-0.2, 0) is 25.7 Å². The topological polar surface area (TPSA) is 138 Å². The molecule has 4 aromatic carbocycles. The molecule has 0 radical (unpaired) electrons. The predicted molar refractivity (Wildman–Crippen MR) is 391 cm³/mol. The summed E-state index contributed by atoms with van der Waals surface area (Å²) < 4.78 is 24.8. The lowest BCUT2D eigenvalue weighted by Gasteiger charge is -2.24. The number of hydrogen-bond acceptors (Lipinski definition) is 12. The molecular weight excluding hydrogens is 1420 g/mol. The second-order valence-electron chi connectivity index (χ2n) is 19.6. The van der Waals surface area contributed by atoms with E-state index >= 15 is 0 Å². The molecular formula is C68H68Cl12N8O4. The molecule has 8 aromatic rings. The molecule has 0 unspecified atom stereocenters. The Balaban J connectivity index is 0.000000862. The highest BCUT2D eigenvalue weighted by molar-refractivity contribution is 6.64. The summed E-state index contributed by atoms with van der Waals surface area (Å²) in [4.78, 5) is 37.5. The number of aromatic nitrogens is 4. The highest BCUT2D eigenvalue weighted by atomic mass is 35.6. The molecule has 1 aliphatic rings. The first-order valence-electron chi connectivity index (χ1n) is 29.0. The second kappa shape index (κ2) is 43.7. The Morgan fingerprint density at radius 2 is 0.457 bits per heavy atom. The van der Waals surface area contributed by atoms with E-state index in [9.17, 15) is 0 Å². The van der Waals surface area contributed by atoms with Crippen LogP contribution in [0, 0.1) is 0 Å². The van der Waals surface area contributed by atoms with E-state index < -0.39 is 17.2 Å². The number of hydrogen-bond donors (Lipinski definition) is 0. The van der Waals surface area contributed by atoms with Gasteiger partial charge in [-0.05, 0) is 145 Å². The van der Waals surface area contributed by atoms with E-state index in [-0.39, 0.29) is 0 Å². The first-order chi connectivity index (χ1) is 44.4. The fourth-order valence-corrected chi connectivity index (χ4v) is 9.07. The van der Waals surface area contributed by atoms with Gasteiger partial charge in [-0.2, -0.15) is 0 Å². The fourth-order valence-electron chi connectivity index (χ4n) is 9.07. The molecule has 0 amide bonds. The van der Waals surface area contributed by atoms with Crippen molar-refractivity contribution in [2.24, 2.45) is 20.0 Å². The molecule has 24 heteroatoms. The molecule has 488 valence electrons. The van der Waals surface area contributed by atoms with Crippen molar-refractivity contribution in [2.45, 2.75) is 96.2 Å². The minimum absolute atomic E-state index is 0.455. The van der Waals surface area contributed by atoms with Crippen molar-refractivity contribution in [2.75, 3.05) is 26.4 Å². The minimum atomic E-state index is -0.750. The average molecular weight is 1490 g/mol. The normalized spacial score (nSPS) is 11.9. The molecule has 0 saturated heterocycles. The minimum Gasteiger partial charge on any atom is -0.493 e. The maximum atomic E-state index is 6.95. The lowest BCUT2D eigenvalue weighted by Crippen LogP contribution is -2.10. The second-order valence-corrected chi connectivity index (χ2v) is 27.5. The number of nitrogens with zero attached hydrogens (tertiary/aromatic N) is 8. The summed E-state index contributed by atoms with van der Waals surface area (Å²) in [6, 6.07) is 32.8. The Labute approximate surface area is 599 Å². The Bertz CT molecular complexity index is 3010. The molecule has 0 aliphatic heterocycles. The number of halogens is 12. The fraction of sp³-hybridized carbons (Fsp3) is 0.294. The van der Waals surface area contributed by atoms with Crippen molar-refractivity contribution in [1.29, 1.82) is 0 Å². The predicted octanol–water partition coefficient (Wildman–Crippen LogP) is 22.0. The van der Waals surface area contributed by atoms with Gasteiger partial charge in [0.2, 0.25) is 0 Å². The molecule has 0 spiro atoms. The van der Waals surface area contributed by atoms with Crippen LogP contribution in [0.5, 0.6) is 23.0 Å². The van der Waals surface area contributed by atoms with Gasteiger partial charge in [-0.3, -0.25) is 39.9 Å². The number of ether oxygens (including phenoxy) is 4. The average Bonchev–Trinajstić information content (AvgIpc) is 0.793. The summed E-state index contributed by atoms with van der Waals surface area (Å²) in [5.74, 6) is 3.21. The highest BCUT2D eigenvalue weighted by Gasteiger charge is 2.25. The molecule has 8 bridgehead atoms. The van der Waals surface area contributed by atoms with Crippen LogP contribution in [0.4, 0.5) is 22.7 Å². The maximum absolute atomic E-state index is 6.95. The van der Waals surface area contributed by atoms with Crippen LogP contribution in [0.25, 0.3) is 0 Å². The largest absolute Gasteiger partial charge is 0.493 e. The number of fused-ring (bicyclic) bond motifs is 8. The summed E-state index contributed by atoms with van der Waals surface area (Å²) >= 11 is 57.7. The van der Waals surface area contributed by atoms with Gasteiger partial charge in [0.15, 0.2) is 17.2 Å². The van der Waals surface area contributed by atoms with Crippen molar-refractivity contribution in [3.05, 3.63) is 213 Å². The van der Waals surface area contributed by atoms with E-state index in [0.717, 1.165) is 138 Å². The van der Waals surface area contributed by atoms with Gasteiger partial charge in [-0.1, -0.05) is 167 Å². The van der Waals surface area contributed by atoms with Gasteiger partial charge < -0.3 is 18.9 Å². The van der Waals surface area contributed by atoms with Gasteiger partial charge in [-0.15, -0.1) is 0 Å². The monoisotopic (exact) mass is 1480 g/mol. The van der Waals surface area contributed by atoms with Crippen molar-refractivity contribution in [1.82, 2.24) is 19.9 Å². The number of pyridine rings is 4. The zero-order valence-corrected chi connectivity index (χ0v) is 59.8. The Kier molecular flexibility index (Phi) is 36.9. The summed E-state index contributed by atoms with van der Waals surface area (Å²) in [5.41, 5.74) is 14.6. The molecule has 12 nitrogen and oxygen atoms in total. The van der Waals surface area contributed by atoms with Crippen molar-refractivity contribution < 1.29 is 18.9 Å². The van der Waals surface area contributed by atoms with Crippen LogP contribution in [0.3, 0.4) is 0 Å². The van der Waals surface area contributed by atoms with Gasteiger partial charge in [-0.25, -0.2) is 0 Å². The zero-order valence-electron chi connectivity index (χ0n) is 50.7. The number of rotatable bonds is 20. The third-order valence-corrected chi connectivity index (χ3v) is 12.5. The summed E-state index contributed by atoms with van der Waals surface area (Å²) in [7, 11) is 0. The first kappa shape index (κ1) is 77.5. The van der Waals surface area contributed by atoms with E-state index in [1.54, 1.807) is 49.6 Å².